The Morgan fingerprint density at radius 2 is 1.95 bits per heavy atom. The van der Waals surface area contributed by atoms with Crippen LogP contribution in [0.2, 0.25) is 5.02 Å². The molecule has 100 valence electrons. The van der Waals surface area contributed by atoms with Crippen molar-refractivity contribution in [1.29, 1.82) is 0 Å². The van der Waals surface area contributed by atoms with Gasteiger partial charge in [-0.05, 0) is 48.7 Å². The first-order valence-electron chi connectivity index (χ1n) is 6.03. The highest BCUT2D eigenvalue weighted by Crippen LogP contribution is 2.31. The predicted molar refractivity (Wildman–Crippen MR) is 78.5 cm³/mol. The standard InChI is InChI=1S/C15H16ClFN2/c1-9-5-10(2)15(12(16)6-9)19-14-4-3-11(8-18)7-13(14)17/h3-7,19H,8,18H2,1-2H3. The zero-order valence-corrected chi connectivity index (χ0v) is 11.7. The Balaban J connectivity index is 2.36. The molecule has 0 heterocycles. The highest BCUT2D eigenvalue weighted by Gasteiger charge is 2.09. The number of rotatable bonds is 3. The molecule has 3 N–H and O–H groups in total. The number of hydrogen-bond acceptors (Lipinski definition) is 2. The van der Waals surface area contributed by atoms with Gasteiger partial charge in [0.15, 0.2) is 0 Å². The van der Waals surface area contributed by atoms with Crippen LogP contribution in [0.1, 0.15) is 16.7 Å². The summed E-state index contributed by atoms with van der Waals surface area (Å²) in [6.45, 7) is 4.23. The SMILES string of the molecule is Cc1cc(C)c(Nc2ccc(CN)cc2F)c(Cl)c1. The van der Waals surface area contributed by atoms with Gasteiger partial charge in [-0.3, -0.25) is 0 Å². The Hall–Kier alpha value is -1.58. The molecular formula is C15H16ClFN2. The summed E-state index contributed by atoms with van der Waals surface area (Å²) in [5.74, 6) is -0.334. The van der Waals surface area contributed by atoms with E-state index in [1.54, 1.807) is 12.1 Å². The molecule has 2 rings (SSSR count). The molecule has 2 nitrogen and oxygen atoms in total. The van der Waals surface area contributed by atoms with Gasteiger partial charge in [-0.1, -0.05) is 23.7 Å². The number of nitrogens with two attached hydrogens (primary N) is 1. The summed E-state index contributed by atoms with van der Waals surface area (Å²) in [5, 5.41) is 3.62. The van der Waals surface area contributed by atoms with Gasteiger partial charge in [-0.15, -0.1) is 0 Å². The molecule has 0 aliphatic heterocycles. The van der Waals surface area contributed by atoms with Crippen molar-refractivity contribution in [2.24, 2.45) is 5.73 Å². The van der Waals surface area contributed by atoms with E-state index in [-0.39, 0.29) is 5.82 Å². The molecule has 0 aromatic heterocycles. The zero-order valence-electron chi connectivity index (χ0n) is 10.9. The fourth-order valence-corrected chi connectivity index (χ4v) is 2.36. The predicted octanol–water partition coefficient (Wildman–Crippen LogP) is 4.30. The van der Waals surface area contributed by atoms with Gasteiger partial charge in [-0.2, -0.15) is 0 Å². The number of hydrogen-bond donors (Lipinski definition) is 2. The van der Waals surface area contributed by atoms with Gasteiger partial charge < -0.3 is 11.1 Å². The summed E-state index contributed by atoms with van der Waals surface area (Å²) in [6.07, 6.45) is 0. The van der Waals surface area contributed by atoms with E-state index < -0.39 is 0 Å². The van der Waals surface area contributed by atoms with E-state index in [1.165, 1.54) is 6.07 Å². The first kappa shape index (κ1) is 13.8. The van der Waals surface area contributed by atoms with Crippen LogP contribution in [0, 0.1) is 19.7 Å². The van der Waals surface area contributed by atoms with Gasteiger partial charge in [0.25, 0.3) is 0 Å². The molecule has 0 spiro atoms. The average Bonchev–Trinajstić information content (AvgIpc) is 2.35. The maximum atomic E-state index is 13.9. The Morgan fingerprint density at radius 3 is 2.53 bits per heavy atom. The molecule has 2 aromatic carbocycles. The van der Waals surface area contributed by atoms with Crippen LogP contribution in [-0.2, 0) is 6.54 Å². The van der Waals surface area contributed by atoms with Gasteiger partial charge >= 0.3 is 0 Å². The van der Waals surface area contributed by atoms with E-state index in [2.05, 4.69) is 5.32 Å². The third-order valence-electron chi connectivity index (χ3n) is 2.96. The molecule has 19 heavy (non-hydrogen) atoms. The molecular weight excluding hydrogens is 263 g/mol. The van der Waals surface area contributed by atoms with Crippen LogP contribution in [0.4, 0.5) is 15.8 Å². The number of benzene rings is 2. The molecule has 0 amide bonds. The van der Waals surface area contributed by atoms with Crippen molar-refractivity contribution in [2.45, 2.75) is 20.4 Å². The summed E-state index contributed by atoms with van der Waals surface area (Å²) in [7, 11) is 0. The number of halogens is 2. The second-order valence-electron chi connectivity index (χ2n) is 4.58. The molecule has 0 aliphatic rings. The normalized spacial score (nSPS) is 10.6. The zero-order chi connectivity index (χ0) is 14.0. The van der Waals surface area contributed by atoms with Crippen LogP contribution < -0.4 is 11.1 Å². The fourth-order valence-electron chi connectivity index (χ4n) is 2.00. The summed E-state index contributed by atoms with van der Waals surface area (Å²) in [4.78, 5) is 0. The summed E-state index contributed by atoms with van der Waals surface area (Å²) in [5.41, 5.74) is 9.41. The Bertz CT molecular complexity index is 588. The lowest BCUT2D eigenvalue weighted by atomic mass is 10.1. The minimum Gasteiger partial charge on any atom is -0.352 e. The lowest BCUT2D eigenvalue weighted by Crippen LogP contribution is -2.01. The second-order valence-corrected chi connectivity index (χ2v) is 4.99. The molecule has 0 bridgehead atoms. The molecule has 0 aliphatic carbocycles. The summed E-state index contributed by atoms with van der Waals surface area (Å²) < 4.78 is 13.9. The van der Waals surface area contributed by atoms with E-state index >= 15 is 0 Å². The molecule has 2 aromatic rings. The van der Waals surface area contributed by atoms with Gasteiger partial charge in [0.1, 0.15) is 5.82 Å². The maximum Gasteiger partial charge on any atom is 0.146 e. The van der Waals surface area contributed by atoms with Crippen molar-refractivity contribution in [3.63, 3.8) is 0 Å². The van der Waals surface area contributed by atoms with Gasteiger partial charge in [0.2, 0.25) is 0 Å². The third kappa shape index (κ3) is 3.06. The first-order valence-corrected chi connectivity index (χ1v) is 6.41. The quantitative estimate of drug-likeness (QED) is 0.878. The third-order valence-corrected chi connectivity index (χ3v) is 3.26. The van der Waals surface area contributed by atoms with Crippen molar-refractivity contribution in [2.75, 3.05) is 5.32 Å². The van der Waals surface area contributed by atoms with Gasteiger partial charge in [0.05, 0.1) is 16.4 Å². The van der Waals surface area contributed by atoms with Gasteiger partial charge in [0, 0.05) is 6.54 Å². The Morgan fingerprint density at radius 1 is 1.21 bits per heavy atom. The van der Waals surface area contributed by atoms with Crippen molar-refractivity contribution < 1.29 is 4.39 Å². The van der Waals surface area contributed by atoms with E-state index in [1.807, 2.05) is 26.0 Å². The Labute approximate surface area is 117 Å². The molecule has 0 saturated carbocycles. The minimum atomic E-state index is -0.334. The maximum absolute atomic E-state index is 13.9. The van der Waals surface area contributed by atoms with Crippen molar-refractivity contribution >= 4 is 23.0 Å². The topological polar surface area (TPSA) is 38.0 Å². The van der Waals surface area contributed by atoms with Crippen molar-refractivity contribution in [3.05, 3.63) is 57.9 Å². The smallest absolute Gasteiger partial charge is 0.146 e. The number of nitrogens with one attached hydrogen (secondary N) is 1. The fraction of sp³-hybridized carbons (Fsp3) is 0.200. The number of aryl methyl sites for hydroxylation is 2. The van der Waals surface area contributed by atoms with E-state index in [0.717, 1.165) is 22.4 Å². The largest absolute Gasteiger partial charge is 0.352 e. The van der Waals surface area contributed by atoms with Crippen molar-refractivity contribution in [3.8, 4) is 0 Å². The van der Waals surface area contributed by atoms with E-state index in [0.29, 0.717) is 17.3 Å². The second kappa shape index (κ2) is 5.59. The van der Waals surface area contributed by atoms with Crippen LogP contribution >= 0.6 is 11.6 Å². The van der Waals surface area contributed by atoms with Crippen LogP contribution in [0.15, 0.2) is 30.3 Å². The van der Waals surface area contributed by atoms with Crippen LogP contribution in [0.25, 0.3) is 0 Å². The van der Waals surface area contributed by atoms with Crippen molar-refractivity contribution in [1.82, 2.24) is 0 Å². The van der Waals surface area contributed by atoms with Crippen LogP contribution in [0.3, 0.4) is 0 Å². The Kier molecular flexibility index (Phi) is 4.08. The minimum absolute atomic E-state index is 0.321. The molecule has 0 fully saturated rings. The lowest BCUT2D eigenvalue weighted by Gasteiger charge is -2.13. The molecule has 4 heteroatoms. The monoisotopic (exact) mass is 278 g/mol. The van der Waals surface area contributed by atoms with E-state index in [9.17, 15) is 4.39 Å². The highest BCUT2D eigenvalue weighted by molar-refractivity contribution is 6.33. The van der Waals surface area contributed by atoms with Gasteiger partial charge in [-0.25, -0.2) is 4.39 Å². The molecule has 0 unspecified atom stereocenters. The lowest BCUT2D eigenvalue weighted by molar-refractivity contribution is 0.629. The molecule has 0 atom stereocenters. The van der Waals surface area contributed by atoms with Crippen LogP contribution in [-0.4, -0.2) is 0 Å². The highest BCUT2D eigenvalue weighted by atomic mass is 35.5. The first-order chi connectivity index (χ1) is 9.01. The molecule has 0 saturated heterocycles. The summed E-state index contributed by atoms with van der Waals surface area (Å²) in [6, 6.07) is 8.75. The van der Waals surface area contributed by atoms with E-state index in [4.69, 9.17) is 17.3 Å². The number of anilines is 2. The van der Waals surface area contributed by atoms with Crippen LogP contribution in [0.5, 0.6) is 0 Å². The average molecular weight is 279 g/mol. The summed E-state index contributed by atoms with van der Waals surface area (Å²) >= 11 is 6.19. The molecule has 0 radical (unpaired) electrons.